The molecule has 1 fully saturated rings. The topological polar surface area (TPSA) is 38.0 Å². The Kier molecular flexibility index (Phi) is 4.32. The Morgan fingerprint density at radius 3 is 2.81 bits per heavy atom. The molecule has 21 heavy (non-hydrogen) atoms. The van der Waals surface area contributed by atoms with E-state index in [4.69, 9.17) is 5.73 Å². The number of rotatable bonds is 3. The van der Waals surface area contributed by atoms with E-state index >= 15 is 0 Å². The van der Waals surface area contributed by atoms with Crippen LogP contribution in [-0.2, 0) is 6.42 Å². The van der Waals surface area contributed by atoms with Crippen LogP contribution in [0.5, 0.6) is 0 Å². The first-order chi connectivity index (χ1) is 10.2. The van der Waals surface area contributed by atoms with Gasteiger partial charge in [0.05, 0.1) is 0 Å². The fourth-order valence-corrected chi connectivity index (χ4v) is 3.02. The summed E-state index contributed by atoms with van der Waals surface area (Å²) in [6.45, 7) is 1.03. The van der Waals surface area contributed by atoms with Gasteiger partial charge in [-0.15, -0.1) is 0 Å². The summed E-state index contributed by atoms with van der Waals surface area (Å²) in [4.78, 5) is 0. The number of benzene rings is 2. The van der Waals surface area contributed by atoms with Crippen molar-refractivity contribution in [2.75, 3.05) is 6.54 Å². The van der Waals surface area contributed by atoms with Gasteiger partial charge in [0.1, 0.15) is 5.82 Å². The molecule has 2 aromatic rings. The van der Waals surface area contributed by atoms with Crippen LogP contribution in [-0.4, -0.2) is 18.6 Å². The molecule has 0 saturated carbocycles. The lowest BCUT2D eigenvalue weighted by atomic mass is 9.92. The Labute approximate surface area is 125 Å². The zero-order valence-electron chi connectivity index (χ0n) is 12.1. The highest BCUT2D eigenvalue weighted by molar-refractivity contribution is 5.64. The van der Waals surface area contributed by atoms with Crippen molar-refractivity contribution in [3.63, 3.8) is 0 Å². The summed E-state index contributed by atoms with van der Waals surface area (Å²) in [5.41, 5.74) is 8.96. The summed E-state index contributed by atoms with van der Waals surface area (Å²) in [6, 6.07) is 15.5. The molecule has 2 aromatic carbocycles. The molecule has 1 aliphatic rings. The normalized spacial score (nSPS) is 22.2. The highest BCUT2D eigenvalue weighted by Crippen LogP contribution is 2.24. The third kappa shape index (κ3) is 3.31. The minimum absolute atomic E-state index is 0.179. The molecule has 0 spiro atoms. The maximum Gasteiger partial charge on any atom is 0.131 e. The lowest BCUT2D eigenvalue weighted by molar-refractivity contribution is 0.349. The number of piperidine rings is 1. The Bertz CT molecular complexity index is 612. The standard InChI is InChI=1S/C18H21FN2/c19-16-8-2-1-7-15(16)14-6-3-5-13(11-14)12-18-17(20)9-4-10-21-18/h1-3,5-8,11,17-18,21H,4,9-10,12,20H2. The highest BCUT2D eigenvalue weighted by atomic mass is 19.1. The number of hydrogen-bond acceptors (Lipinski definition) is 2. The molecule has 0 aromatic heterocycles. The largest absolute Gasteiger partial charge is 0.326 e. The molecule has 2 unspecified atom stereocenters. The van der Waals surface area contributed by atoms with Crippen molar-refractivity contribution < 1.29 is 4.39 Å². The van der Waals surface area contributed by atoms with Crippen molar-refractivity contribution >= 4 is 0 Å². The van der Waals surface area contributed by atoms with Crippen molar-refractivity contribution in [1.82, 2.24) is 5.32 Å². The van der Waals surface area contributed by atoms with Crippen LogP contribution in [0.4, 0.5) is 4.39 Å². The predicted octanol–water partition coefficient (Wildman–Crippen LogP) is 3.11. The van der Waals surface area contributed by atoms with Gasteiger partial charge in [-0.05, 0) is 43.0 Å². The average Bonchev–Trinajstić information content (AvgIpc) is 2.50. The fraction of sp³-hybridized carbons (Fsp3) is 0.333. The molecule has 0 aliphatic carbocycles. The molecule has 3 heteroatoms. The van der Waals surface area contributed by atoms with Crippen LogP contribution >= 0.6 is 0 Å². The summed E-state index contributed by atoms with van der Waals surface area (Å²) in [7, 11) is 0. The summed E-state index contributed by atoms with van der Waals surface area (Å²) in [6.07, 6.45) is 3.11. The third-order valence-corrected chi connectivity index (χ3v) is 4.21. The Hall–Kier alpha value is -1.71. The van der Waals surface area contributed by atoms with Gasteiger partial charge in [-0.3, -0.25) is 0 Å². The smallest absolute Gasteiger partial charge is 0.131 e. The second-order valence-electron chi connectivity index (χ2n) is 5.75. The van der Waals surface area contributed by atoms with Gasteiger partial charge in [0.2, 0.25) is 0 Å². The molecule has 2 atom stereocenters. The van der Waals surface area contributed by atoms with Crippen LogP contribution in [0, 0.1) is 5.82 Å². The van der Waals surface area contributed by atoms with Gasteiger partial charge < -0.3 is 11.1 Å². The lowest BCUT2D eigenvalue weighted by Crippen LogP contribution is -2.50. The van der Waals surface area contributed by atoms with Crippen molar-refractivity contribution in [2.24, 2.45) is 5.73 Å². The highest BCUT2D eigenvalue weighted by Gasteiger charge is 2.21. The van der Waals surface area contributed by atoms with Gasteiger partial charge in [0.25, 0.3) is 0 Å². The summed E-state index contributed by atoms with van der Waals surface area (Å²) < 4.78 is 13.9. The van der Waals surface area contributed by atoms with Crippen LogP contribution in [0.2, 0.25) is 0 Å². The number of hydrogen-bond donors (Lipinski definition) is 2. The van der Waals surface area contributed by atoms with Gasteiger partial charge in [-0.2, -0.15) is 0 Å². The summed E-state index contributed by atoms with van der Waals surface area (Å²) in [5.74, 6) is -0.179. The monoisotopic (exact) mass is 284 g/mol. The van der Waals surface area contributed by atoms with Crippen LogP contribution in [0.1, 0.15) is 18.4 Å². The molecule has 110 valence electrons. The van der Waals surface area contributed by atoms with Crippen molar-refractivity contribution in [1.29, 1.82) is 0 Å². The number of nitrogens with one attached hydrogen (secondary N) is 1. The van der Waals surface area contributed by atoms with E-state index in [1.807, 2.05) is 24.3 Å². The van der Waals surface area contributed by atoms with E-state index in [0.717, 1.165) is 31.4 Å². The van der Waals surface area contributed by atoms with Gasteiger partial charge in [-0.25, -0.2) is 4.39 Å². The molecule has 3 N–H and O–H groups in total. The van der Waals surface area contributed by atoms with E-state index in [1.165, 1.54) is 11.6 Å². The predicted molar refractivity (Wildman–Crippen MR) is 84.5 cm³/mol. The van der Waals surface area contributed by atoms with E-state index in [9.17, 15) is 4.39 Å². The number of halogens is 1. The molecular formula is C18H21FN2. The molecule has 3 rings (SSSR count). The Balaban J connectivity index is 1.82. The summed E-state index contributed by atoms with van der Waals surface area (Å²) >= 11 is 0. The van der Waals surface area contributed by atoms with Crippen molar-refractivity contribution in [3.8, 4) is 11.1 Å². The van der Waals surface area contributed by atoms with Crippen LogP contribution in [0.25, 0.3) is 11.1 Å². The quantitative estimate of drug-likeness (QED) is 0.909. The molecule has 1 heterocycles. The third-order valence-electron chi connectivity index (χ3n) is 4.21. The van der Waals surface area contributed by atoms with E-state index in [2.05, 4.69) is 17.4 Å². The van der Waals surface area contributed by atoms with E-state index in [-0.39, 0.29) is 11.9 Å². The van der Waals surface area contributed by atoms with Crippen LogP contribution in [0.3, 0.4) is 0 Å². The van der Waals surface area contributed by atoms with Crippen LogP contribution in [0.15, 0.2) is 48.5 Å². The maximum atomic E-state index is 13.9. The first kappa shape index (κ1) is 14.2. The zero-order chi connectivity index (χ0) is 14.7. The number of nitrogens with two attached hydrogens (primary N) is 1. The van der Waals surface area contributed by atoms with Gasteiger partial charge in [0, 0.05) is 17.6 Å². The van der Waals surface area contributed by atoms with E-state index in [1.54, 1.807) is 6.07 Å². The molecule has 2 nitrogen and oxygen atoms in total. The minimum atomic E-state index is -0.179. The molecule has 1 aliphatic heterocycles. The van der Waals surface area contributed by atoms with Gasteiger partial charge in [0.15, 0.2) is 0 Å². The Morgan fingerprint density at radius 1 is 1.14 bits per heavy atom. The van der Waals surface area contributed by atoms with E-state index < -0.39 is 0 Å². The van der Waals surface area contributed by atoms with E-state index in [0.29, 0.717) is 11.6 Å². The molecular weight excluding hydrogens is 263 g/mol. The lowest BCUT2D eigenvalue weighted by Gasteiger charge is -2.30. The van der Waals surface area contributed by atoms with Gasteiger partial charge in [-0.1, -0.05) is 42.5 Å². The second-order valence-corrected chi connectivity index (χ2v) is 5.75. The van der Waals surface area contributed by atoms with Crippen LogP contribution < -0.4 is 11.1 Å². The summed E-state index contributed by atoms with van der Waals surface area (Å²) in [5, 5.41) is 3.49. The first-order valence-electron chi connectivity index (χ1n) is 7.57. The molecule has 0 amide bonds. The SMILES string of the molecule is NC1CCCNC1Cc1cccc(-c2ccccc2F)c1. The second kappa shape index (κ2) is 6.37. The van der Waals surface area contributed by atoms with Crippen molar-refractivity contribution in [2.45, 2.75) is 31.3 Å². The van der Waals surface area contributed by atoms with Crippen molar-refractivity contribution in [3.05, 3.63) is 59.9 Å². The minimum Gasteiger partial charge on any atom is -0.326 e. The maximum absolute atomic E-state index is 13.9. The Morgan fingerprint density at radius 2 is 2.00 bits per heavy atom. The fourth-order valence-electron chi connectivity index (χ4n) is 3.02. The zero-order valence-corrected chi connectivity index (χ0v) is 12.1. The molecule has 1 saturated heterocycles. The first-order valence-corrected chi connectivity index (χ1v) is 7.57. The average molecular weight is 284 g/mol. The molecule has 0 bridgehead atoms. The van der Waals surface area contributed by atoms with Gasteiger partial charge >= 0.3 is 0 Å². The molecule has 0 radical (unpaired) electrons.